The number of aliphatic hydroxyl groups is 1. The topological polar surface area (TPSA) is 83.7 Å². The number of benzene rings is 2. The Morgan fingerprint density at radius 2 is 1.91 bits per heavy atom. The van der Waals surface area contributed by atoms with Gasteiger partial charge in [0.25, 0.3) is 5.91 Å². The van der Waals surface area contributed by atoms with Crippen molar-refractivity contribution in [3.8, 4) is 17.1 Å². The number of hydrogen-bond donors (Lipinski definition) is 3. The molecule has 6 nitrogen and oxygen atoms in total. The van der Waals surface area contributed by atoms with Crippen molar-refractivity contribution >= 4 is 29.3 Å². The van der Waals surface area contributed by atoms with Crippen molar-refractivity contribution in [3.05, 3.63) is 54.1 Å². The second-order valence-electron chi connectivity index (χ2n) is 8.56. The summed E-state index contributed by atoms with van der Waals surface area (Å²) in [6.45, 7) is 4.37. The average Bonchev–Trinajstić information content (AvgIpc) is 3.38. The minimum absolute atomic E-state index is 0. The molecular formula is C25H29ClN2O4. The van der Waals surface area contributed by atoms with Crippen LogP contribution in [0.15, 0.2) is 52.9 Å². The Balaban J connectivity index is 0.00000245. The first-order valence-electron chi connectivity index (χ1n) is 11.1. The van der Waals surface area contributed by atoms with Crippen LogP contribution in [-0.2, 0) is 0 Å². The molecule has 1 amide bonds. The number of fused-ring (bicyclic) bond motifs is 2. The van der Waals surface area contributed by atoms with Crippen LogP contribution in [0.1, 0.15) is 30.1 Å². The number of halogens is 1. The second-order valence-corrected chi connectivity index (χ2v) is 8.56. The monoisotopic (exact) mass is 456 g/mol. The van der Waals surface area contributed by atoms with Gasteiger partial charge in [0.05, 0.1) is 24.3 Å². The normalized spacial score (nSPS) is 24.6. The standard InChI is InChI=1S/C25H28N2O4.ClH/c1-2-30-18-8-9-22-19(12-18)23(24(31-22)15-6-4-3-5-7-15)25(29)27-20-10-16-13-26-14-17(16)11-21(20)28;/h3-9,12,16-17,20-21,26,28H,2,10-11,13-14H2,1H3,(H,27,29);1H/t16-,17+,20-,21-;/m0./s1. The average molecular weight is 457 g/mol. The molecule has 32 heavy (non-hydrogen) atoms. The van der Waals surface area contributed by atoms with E-state index in [0.29, 0.717) is 46.5 Å². The van der Waals surface area contributed by atoms with E-state index in [1.165, 1.54) is 0 Å². The first kappa shape index (κ1) is 22.6. The van der Waals surface area contributed by atoms with E-state index in [4.69, 9.17) is 9.15 Å². The molecular weight excluding hydrogens is 428 g/mol. The van der Waals surface area contributed by atoms with Crippen LogP contribution in [0, 0.1) is 11.8 Å². The van der Waals surface area contributed by atoms with Gasteiger partial charge >= 0.3 is 0 Å². The predicted molar refractivity (Wildman–Crippen MR) is 126 cm³/mol. The van der Waals surface area contributed by atoms with Crippen molar-refractivity contribution in [1.82, 2.24) is 10.6 Å². The number of aliphatic hydroxyl groups excluding tert-OH is 1. The zero-order valence-electron chi connectivity index (χ0n) is 18.0. The lowest BCUT2D eigenvalue weighted by atomic mass is 9.77. The highest BCUT2D eigenvalue weighted by Gasteiger charge is 2.39. The van der Waals surface area contributed by atoms with Gasteiger partial charge in [0.15, 0.2) is 0 Å². The molecule has 1 saturated heterocycles. The van der Waals surface area contributed by atoms with Gasteiger partial charge in [-0.25, -0.2) is 0 Å². The molecule has 170 valence electrons. The van der Waals surface area contributed by atoms with Crippen LogP contribution in [0.3, 0.4) is 0 Å². The molecule has 1 aliphatic heterocycles. The Hall–Kier alpha value is -2.54. The first-order valence-corrected chi connectivity index (χ1v) is 11.1. The van der Waals surface area contributed by atoms with Crippen molar-refractivity contribution in [2.45, 2.75) is 31.9 Å². The molecule has 1 saturated carbocycles. The fourth-order valence-electron chi connectivity index (χ4n) is 5.04. The van der Waals surface area contributed by atoms with Crippen LogP contribution in [0.2, 0.25) is 0 Å². The van der Waals surface area contributed by atoms with E-state index in [0.717, 1.165) is 31.5 Å². The minimum atomic E-state index is -0.539. The molecule has 1 aromatic heterocycles. The molecule has 5 rings (SSSR count). The van der Waals surface area contributed by atoms with E-state index in [9.17, 15) is 9.90 Å². The highest BCUT2D eigenvalue weighted by Crippen LogP contribution is 2.37. The molecule has 0 spiro atoms. The number of nitrogens with one attached hydrogen (secondary N) is 2. The second kappa shape index (κ2) is 9.53. The molecule has 2 aliphatic rings. The summed E-state index contributed by atoms with van der Waals surface area (Å²) < 4.78 is 11.8. The predicted octanol–water partition coefficient (Wildman–Crippen LogP) is 4.01. The van der Waals surface area contributed by atoms with Crippen molar-refractivity contribution in [1.29, 1.82) is 0 Å². The lowest BCUT2D eigenvalue weighted by Gasteiger charge is -2.35. The third-order valence-corrected chi connectivity index (χ3v) is 6.60. The lowest BCUT2D eigenvalue weighted by Crippen LogP contribution is -2.49. The van der Waals surface area contributed by atoms with Gasteiger partial charge in [-0.05, 0) is 62.9 Å². The fourth-order valence-corrected chi connectivity index (χ4v) is 5.04. The van der Waals surface area contributed by atoms with Crippen LogP contribution < -0.4 is 15.4 Å². The number of rotatable bonds is 5. The largest absolute Gasteiger partial charge is 0.494 e. The van der Waals surface area contributed by atoms with Crippen LogP contribution in [0.5, 0.6) is 5.75 Å². The molecule has 1 aliphatic carbocycles. The van der Waals surface area contributed by atoms with Crippen LogP contribution >= 0.6 is 12.4 Å². The number of carbonyl (C=O) groups excluding carboxylic acids is 1. The van der Waals surface area contributed by atoms with Gasteiger partial charge in [0, 0.05) is 10.9 Å². The molecule has 0 bridgehead atoms. The molecule has 3 N–H and O–H groups in total. The summed E-state index contributed by atoms with van der Waals surface area (Å²) in [6.07, 6.45) is 0.961. The molecule has 7 heteroatoms. The summed E-state index contributed by atoms with van der Waals surface area (Å²) in [5.41, 5.74) is 1.96. The molecule has 0 unspecified atom stereocenters. The Morgan fingerprint density at radius 1 is 1.16 bits per heavy atom. The van der Waals surface area contributed by atoms with E-state index < -0.39 is 6.10 Å². The van der Waals surface area contributed by atoms with Crippen LogP contribution in [-0.4, -0.2) is 42.9 Å². The van der Waals surface area contributed by atoms with Gasteiger partial charge in [-0.2, -0.15) is 0 Å². The highest BCUT2D eigenvalue weighted by molar-refractivity contribution is 6.11. The minimum Gasteiger partial charge on any atom is -0.494 e. The fraction of sp³-hybridized carbons (Fsp3) is 0.400. The summed E-state index contributed by atoms with van der Waals surface area (Å²) in [5.74, 6) is 1.99. The van der Waals surface area contributed by atoms with E-state index in [1.807, 2.05) is 55.5 Å². The van der Waals surface area contributed by atoms with Crippen molar-refractivity contribution < 1.29 is 19.1 Å². The third kappa shape index (κ3) is 4.22. The quantitative estimate of drug-likeness (QED) is 0.540. The number of amides is 1. The zero-order chi connectivity index (χ0) is 21.4. The van der Waals surface area contributed by atoms with Gasteiger partial charge in [0.2, 0.25) is 0 Å². The van der Waals surface area contributed by atoms with E-state index in [-0.39, 0.29) is 24.4 Å². The Labute approximate surface area is 193 Å². The van der Waals surface area contributed by atoms with Gasteiger partial charge < -0.3 is 24.9 Å². The summed E-state index contributed by atoms with van der Waals surface area (Å²) in [4.78, 5) is 13.6. The number of hydrogen-bond acceptors (Lipinski definition) is 5. The van der Waals surface area contributed by atoms with Gasteiger partial charge in [-0.15, -0.1) is 12.4 Å². The molecule has 2 aromatic carbocycles. The van der Waals surface area contributed by atoms with E-state index in [2.05, 4.69) is 10.6 Å². The number of furan rings is 1. The summed E-state index contributed by atoms with van der Waals surface area (Å²) in [6, 6.07) is 14.9. The summed E-state index contributed by atoms with van der Waals surface area (Å²) >= 11 is 0. The van der Waals surface area contributed by atoms with Crippen LogP contribution in [0.25, 0.3) is 22.3 Å². The van der Waals surface area contributed by atoms with Gasteiger partial charge in [-0.3, -0.25) is 4.79 Å². The summed E-state index contributed by atoms with van der Waals surface area (Å²) in [7, 11) is 0. The third-order valence-electron chi connectivity index (χ3n) is 6.60. The highest BCUT2D eigenvalue weighted by atomic mass is 35.5. The molecule has 0 radical (unpaired) electrons. The van der Waals surface area contributed by atoms with Crippen molar-refractivity contribution in [3.63, 3.8) is 0 Å². The Bertz CT molecular complexity index is 1080. The van der Waals surface area contributed by atoms with E-state index >= 15 is 0 Å². The molecule has 3 aromatic rings. The van der Waals surface area contributed by atoms with Crippen molar-refractivity contribution in [2.75, 3.05) is 19.7 Å². The summed E-state index contributed by atoms with van der Waals surface area (Å²) in [5, 5.41) is 17.9. The zero-order valence-corrected chi connectivity index (χ0v) is 18.9. The van der Waals surface area contributed by atoms with Gasteiger partial charge in [-0.1, -0.05) is 30.3 Å². The van der Waals surface area contributed by atoms with Crippen molar-refractivity contribution in [2.24, 2.45) is 11.8 Å². The maximum atomic E-state index is 13.6. The number of ether oxygens (including phenoxy) is 1. The smallest absolute Gasteiger partial charge is 0.256 e. The SMILES string of the molecule is CCOc1ccc2oc(-c3ccccc3)c(C(=O)N[C@H]3C[C@H]4CNC[C@H]4C[C@@H]3O)c2c1.Cl. The Morgan fingerprint density at radius 3 is 2.66 bits per heavy atom. The first-order chi connectivity index (χ1) is 15.1. The number of carbonyl (C=O) groups is 1. The van der Waals surface area contributed by atoms with E-state index in [1.54, 1.807) is 0 Å². The Kier molecular flexibility index (Phi) is 6.74. The maximum absolute atomic E-state index is 13.6. The molecule has 2 heterocycles. The maximum Gasteiger partial charge on any atom is 0.256 e. The lowest BCUT2D eigenvalue weighted by molar-refractivity contribution is 0.0462. The molecule has 4 atom stereocenters. The van der Waals surface area contributed by atoms with Gasteiger partial charge in [0.1, 0.15) is 17.1 Å². The molecule has 2 fully saturated rings. The van der Waals surface area contributed by atoms with Crippen LogP contribution in [0.4, 0.5) is 0 Å².